The van der Waals surface area contributed by atoms with E-state index in [4.69, 9.17) is 14.2 Å². The Morgan fingerprint density at radius 1 is 0.953 bits per heavy atom. The Balaban J connectivity index is 1.52. The number of carboxylic acids is 1. The van der Waals surface area contributed by atoms with Gasteiger partial charge in [-0.3, -0.25) is 9.69 Å². The first-order chi connectivity index (χ1) is 20.7. The number of halogens is 1. The van der Waals surface area contributed by atoms with Crippen molar-refractivity contribution in [1.82, 2.24) is 10.2 Å². The first-order valence-electron chi connectivity index (χ1n) is 14.0. The topological polar surface area (TPSA) is 97.3 Å². The van der Waals surface area contributed by atoms with Crippen LogP contribution < -0.4 is 14.8 Å². The quantitative estimate of drug-likeness (QED) is 0.249. The Labute approximate surface area is 250 Å². The second kappa shape index (κ2) is 12.8. The lowest BCUT2D eigenvalue weighted by atomic mass is 9.91. The number of carbonyl (C=O) groups is 2. The molecule has 1 aliphatic heterocycles. The van der Waals surface area contributed by atoms with Gasteiger partial charge in [-0.15, -0.1) is 0 Å². The van der Waals surface area contributed by atoms with E-state index in [-0.39, 0.29) is 18.1 Å². The van der Waals surface area contributed by atoms with Gasteiger partial charge in [0.05, 0.1) is 31.5 Å². The van der Waals surface area contributed by atoms with E-state index >= 15 is 0 Å². The zero-order valence-electron chi connectivity index (χ0n) is 24.6. The van der Waals surface area contributed by atoms with Crippen LogP contribution in [0.1, 0.15) is 27.0 Å². The van der Waals surface area contributed by atoms with Gasteiger partial charge in [0.2, 0.25) is 0 Å². The lowest BCUT2D eigenvalue weighted by molar-refractivity contribution is -0.139. The molecule has 1 saturated heterocycles. The number of aryl methyl sites for hydroxylation is 1. The average molecular weight is 587 g/mol. The molecule has 4 aromatic carbocycles. The molecule has 1 aliphatic rings. The van der Waals surface area contributed by atoms with Crippen LogP contribution in [0.5, 0.6) is 11.5 Å². The highest BCUT2D eigenvalue weighted by Gasteiger charge is 2.29. The van der Waals surface area contributed by atoms with Crippen molar-refractivity contribution < 1.29 is 33.3 Å². The van der Waals surface area contributed by atoms with Crippen LogP contribution in [-0.2, 0) is 22.5 Å². The molecule has 0 radical (unpaired) electrons. The molecule has 1 fully saturated rings. The Bertz CT molecular complexity index is 1650. The number of amides is 1. The van der Waals surface area contributed by atoms with E-state index < -0.39 is 23.7 Å². The summed E-state index contributed by atoms with van der Waals surface area (Å²) in [5, 5.41) is 14.2. The summed E-state index contributed by atoms with van der Waals surface area (Å²) in [7, 11) is 4.98. The Morgan fingerprint density at radius 2 is 1.67 bits per heavy atom. The smallest absolute Gasteiger partial charge is 0.326 e. The van der Waals surface area contributed by atoms with E-state index in [1.54, 1.807) is 34.3 Å². The Hall–Kier alpha value is -4.47. The van der Waals surface area contributed by atoms with Crippen LogP contribution in [0.25, 0.3) is 21.9 Å². The summed E-state index contributed by atoms with van der Waals surface area (Å²) in [6, 6.07) is 18.4. The van der Waals surface area contributed by atoms with Gasteiger partial charge in [0.25, 0.3) is 5.91 Å². The van der Waals surface area contributed by atoms with E-state index in [9.17, 15) is 19.1 Å². The number of benzene rings is 4. The molecule has 0 bridgehead atoms. The van der Waals surface area contributed by atoms with Crippen LogP contribution in [-0.4, -0.2) is 68.4 Å². The monoisotopic (exact) mass is 586 g/mol. The maximum absolute atomic E-state index is 14.4. The summed E-state index contributed by atoms with van der Waals surface area (Å²) in [4.78, 5) is 27.5. The van der Waals surface area contributed by atoms with Crippen molar-refractivity contribution in [2.24, 2.45) is 0 Å². The second-order valence-corrected chi connectivity index (χ2v) is 10.7. The number of nitrogens with one attached hydrogen (secondary N) is 1. The number of nitrogens with zero attached hydrogens (tertiary/aromatic N) is 1. The molecule has 9 heteroatoms. The molecule has 1 atom stereocenters. The van der Waals surface area contributed by atoms with Crippen LogP contribution >= 0.6 is 0 Å². The maximum atomic E-state index is 14.4. The first-order valence-corrected chi connectivity index (χ1v) is 14.0. The Kier molecular flexibility index (Phi) is 8.94. The fourth-order valence-corrected chi connectivity index (χ4v) is 5.77. The van der Waals surface area contributed by atoms with Crippen LogP contribution in [0.3, 0.4) is 0 Å². The third kappa shape index (κ3) is 6.04. The van der Waals surface area contributed by atoms with Gasteiger partial charge in [0.15, 0.2) is 0 Å². The van der Waals surface area contributed by atoms with Crippen LogP contribution in [0.4, 0.5) is 4.39 Å². The number of hydrogen-bond acceptors (Lipinski definition) is 6. The number of ether oxygens (including phenoxy) is 3. The average Bonchev–Trinajstić information content (AvgIpc) is 2.97. The number of carbonyl (C=O) groups excluding carboxylic acids is 1. The van der Waals surface area contributed by atoms with Gasteiger partial charge in [-0.25, -0.2) is 9.18 Å². The molecule has 0 spiro atoms. The van der Waals surface area contributed by atoms with Gasteiger partial charge in [-0.1, -0.05) is 54.6 Å². The lowest BCUT2D eigenvalue weighted by Crippen LogP contribution is -2.50. The van der Waals surface area contributed by atoms with E-state index in [0.717, 1.165) is 46.1 Å². The van der Waals surface area contributed by atoms with Crippen LogP contribution in [0, 0.1) is 12.7 Å². The molecule has 0 aliphatic carbocycles. The predicted octanol–water partition coefficient (Wildman–Crippen LogP) is 5.23. The first kappa shape index (κ1) is 30.0. The fourth-order valence-electron chi connectivity index (χ4n) is 5.77. The van der Waals surface area contributed by atoms with Crippen molar-refractivity contribution in [1.29, 1.82) is 0 Å². The molecule has 0 saturated carbocycles. The summed E-state index contributed by atoms with van der Waals surface area (Å²) in [6.45, 7) is 3.99. The van der Waals surface area contributed by atoms with Crippen molar-refractivity contribution in [3.63, 3.8) is 0 Å². The van der Waals surface area contributed by atoms with Crippen molar-refractivity contribution in [2.45, 2.75) is 32.0 Å². The molecule has 43 heavy (non-hydrogen) atoms. The number of methoxy groups -OCH3 is 3. The summed E-state index contributed by atoms with van der Waals surface area (Å²) in [5.41, 5.74) is 3.66. The number of likely N-dealkylation sites (tertiary alicyclic amines) is 1. The summed E-state index contributed by atoms with van der Waals surface area (Å²) in [6.07, 6.45) is 0.231. The molecular weight excluding hydrogens is 551 g/mol. The standard InChI is InChI=1S/C34H35FN2O6/c1-20-8-5-13-27(35)30(20)33(38)36-28(34(39)40)16-21-9-6-11-25-24(21)10-7-12-26(25)31-29(42-3)15-14-22(32(31)43-4)17-37-18-23(19-37)41-2/h5-15,23,28H,16-19H2,1-4H3,(H,36,38)(H,39,40)/t28-/m0/s1. The second-order valence-electron chi connectivity index (χ2n) is 10.7. The number of aliphatic carboxylic acids is 1. The fraction of sp³-hybridized carbons (Fsp3) is 0.294. The third-order valence-corrected chi connectivity index (χ3v) is 8.03. The van der Waals surface area contributed by atoms with Gasteiger partial charge in [0.1, 0.15) is 23.4 Å². The minimum Gasteiger partial charge on any atom is -0.496 e. The molecular formula is C34H35FN2O6. The number of hydrogen-bond donors (Lipinski definition) is 2. The van der Waals surface area contributed by atoms with Crippen molar-refractivity contribution >= 4 is 22.6 Å². The van der Waals surface area contributed by atoms with Gasteiger partial charge in [-0.2, -0.15) is 0 Å². The van der Waals surface area contributed by atoms with Crippen LogP contribution in [0.2, 0.25) is 0 Å². The van der Waals surface area contributed by atoms with Crippen molar-refractivity contribution in [3.05, 3.63) is 94.8 Å². The largest absolute Gasteiger partial charge is 0.496 e. The summed E-state index contributed by atoms with van der Waals surface area (Å²) in [5.74, 6) is -1.33. The van der Waals surface area contributed by atoms with Gasteiger partial charge in [-0.05, 0) is 46.5 Å². The zero-order chi connectivity index (χ0) is 30.7. The minimum atomic E-state index is -1.28. The van der Waals surface area contributed by atoms with Crippen LogP contribution in [0.15, 0.2) is 66.7 Å². The third-order valence-electron chi connectivity index (χ3n) is 8.03. The number of rotatable bonds is 11. The van der Waals surface area contributed by atoms with E-state index in [1.165, 1.54) is 12.1 Å². The van der Waals surface area contributed by atoms with Gasteiger partial charge < -0.3 is 24.6 Å². The molecule has 8 nitrogen and oxygen atoms in total. The highest BCUT2D eigenvalue weighted by atomic mass is 19.1. The van der Waals surface area contributed by atoms with E-state index in [0.29, 0.717) is 23.6 Å². The number of carboxylic acid groups (broad SMARTS) is 1. The highest BCUT2D eigenvalue weighted by molar-refractivity contribution is 6.02. The molecule has 1 heterocycles. The SMILES string of the molecule is COc1ccc(CN2CC(OC)C2)c(OC)c1-c1cccc2c(C[C@H](NC(=O)c3c(C)cccc3F)C(=O)O)cccc12. The normalized spacial score (nSPS) is 14.3. The molecule has 1 amide bonds. The highest BCUT2D eigenvalue weighted by Crippen LogP contribution is 2.44. The lowest BCUT2D eigenvalue weighted by Gasteiger charge is -2.38. The van der Waals surface area contributed by atoms with E-state index in [1.807, 2.05) is 48.5 Å². The van der Waals surface area contributed by atoms with Crippen molar-refractivity contribution in [2.75, 3.05) is 34.4 Å². The molecule has 4 aromatic rings. The molecule has 0 aromatic heterocycles. The molecule has 0 unspecified atom stereocenters. The van der Waals surface area contributed by atoms with Gasteiger partial charge >= 0.3 is 5.97 Å². The maximum Gasteiger partial charge on any atom is 0.326 e. The molecule has 224 valence electrons. The summed E-state index contributed by atoms with van der Waals surface area (Å²) >= 11 is 0. The predicted molar refractivity (Wildman–Crippen MR) is 162 cm³/mol. The van der Waals surface area contributed by atoms with Gasteiger partial charge in [0, 0.05) is 38.7 Å². The molecule has 2 N–H and O–H groups in total. The summed E-state index contributed by atoms with van der Waals surface area (Å²) < 4.78 is 31.6. The number of fused-ring (bicyclic) bond motifs is 1. The Morgan fingerprint density at radius 3 is 2.35 bits per heavy atom. The minimum absolute atomic E-state index is 0.000692. The van der Waals surface area contributed by atoms with Crippen molar-refractivity contribution in [3.8, 4) is 22.6 Å². The molecule has 5 rings (SSSR count). The zero-order valence-corrected chi connectivity index (χ0v) is 24.6. The van der Waals surface area contributed by atoms with E-state index in [2.05, 4.69) is 10.2 Å².